The fourth-order valence-electron chi connectivity index (χ4n) is 1.90. The standard InChI is InChI=1S/C14H13NO5/c1-9-2-3-10(4-5-14(18)19)6-11(9)15-12(16)7-20-8-13(15)17/h2-6H,7-8H2,1H3,(H,18,19). The van der Waals surface area contributed by atoms with Gasteiger partial charge in [-0.05, 0) is 30.2 Å². The van der Waals surface area contributed by atoms with Crippen molar-refractivity contribution in [2.75, 3.05) is 18.1 Å². The molecule has 0 atom stereocenters. The average molecular weight is 275 g/mol. The second-order valence-corrected chi connectivity index (χ2v) is 4.33. The second kappa shape index (κ2) is 5.66. The van der Waals surface area contributed by atoms with E-state index in [9.17, 15) is 14.4 Å². The summed E-state index contributed by atoms with van der Waals surface area (Å²) in [5.41, 5.74) is 1.80. The van der Waals surface area contributed by atoms with E-state index in [0.29, 0.717) is 11.3 Å². The minimum atomic E-state index is -1.06. The summed E-state index contributed by atoms with van der Waals surface area (Å²) in [6, 6.07) is 5.05. The number of hydrogen-bond acceptors (Lipinski definition) is 4. The summed E-state index contributed by atoms with van der Waals surface area (Å²) in [6.45, 7) is 1.50. The van der Waals surface area contributed by atoms with Crippen LogP contribution in [0.4, 0.5) is 5.69 Å². The molecule has 0 bridgehead atoms. The zero-order valence-electron chi connectivity index (χ0n) is 10.8. The Morgan fingerprint density at radius 1 is 1.30 bits per heavy atom. The Bertz CT molecular complexity index is 590. The number of hydrogen-bond donors (Lipinski definition) is 1. The molecule has 0 radical (unpaired) electrons. The summed E-state index contributed by atoms with van der Waals surface area (Å²) in [4.78, 5) is 35.2. The highest BCUT2D eigenvalue weighted by Crippen LogP contribution is 2.24. The van der Waals surface area contributed by atoms with Crippen LogP contribution in [-0.2, 0) is 19.1 Å². The number of anilines is 1. The normalized spacial score (nSPS) is 15.9. The van der Waals surface area contributed by atoms with Crippen LogP contribution in [-0.4, -0.2) is 36.1 Å². The molecule has 6 heteroatoms. The molecule has 1 aromatic carbocycles. The molecule has 20 heavy (non-hydrogen) atoms. The van der Waals surface area contributed by atoms with Crippen LogP contribution in [0.5, 0.6) is 0 Å². The van der Waals surface area contributed by atoms with Crippen molar-refractivity contribution in [3.8, 4) is 0 Å². The zero-order chi connectivity index (χ0) is 14.7. The van der Waals surface area contributed by atoms with Crippen molar-refractivity contribution in [1.82, 2.24) is 0 Å². The summed E-state index contributed by atoms with van der Waals surface area (Å²) in [5, 5.41) is 8.61. The molecule has 1 N–H and O–H groups in total. The number of benzene rings is 1. The van der Waals surface area contributed by atoms with Crippen LogP contribution in [0.25, 0.3) is 6.08 Å². The van der Waals surface area contributed by atoms with Gasteiger partial charge in [0, 0.05) is 6.08 Å². The van der Waals surface area contributed by atoms with E-state index in [1.54, 1.807) is 25.1 Å². The summed E-state index contributed by atoms with van der Waals surface area (Å²) >= 11 is 0. The molecule has 1 aromatic rings. The van der Waals surface area contributed by atoms with Crippen LogP contribution >= 0.6 is 0 Å². The lowest BCUT2D eigenvalue weighted by molar-refractivity contribution is -0.138. The number of nitrogens with zero attached hydrogens (tertiary/aromatic N) is 1. The Hall–Kier alpha value is -2.47. The maximum absolute atomic E-state index is 11.8. The molecule has 1 heterocycles. The van der Waals surface area contributed by atoms with Crippen molar-refractivity contribution < 1.29 is 24.2 Å². The molecular weight excluding hydrogens is 262 g/mol. The van der Waals surface area contributed by atoms with Gasteiger partial charge in [0.1, 0.15) is 13.2 Å². The van der Waals surface area contributed by atoms with E-state index >= 15 is 0 Å². The fraction of sp³-hybridized carbons (Fsp3) is 0.214. The largest absolute Gasteiger partial charge is 0.478 e. The zero-order valence-corrected chi connectivity index (χ0v) is 10.8. The van der Waals surface area contributed by atoms with Gasteiger partial charge in [0.2, 0.25) is 0 Å². The number of imide groups is 1. The number of aliphatic carboxylic acids is 1. The Morgan fingerprint density at radius 2 is 1.95 bits per heavy atom. The van der Waals surface area contributed by atoms with Gasteiger partial charge in [-0.1, -0.05) is 12.1 Å². The summed E-state index contributed by atoms with van der Waals surface area (Å²) < 4.78 is 4.86. The third kappa shape index (κ3) is 2.92. The minimum Gasteiger partial charge on any atom is -0.478 e. The molecule has 0 aliphatic carbocycles. The van der Waals surface area contributed by atoms with Crippen molar-refractivity contribution in [1.29, 1.82) is 0 Å². The molecule has 2 amide bonds. The van der Waals surface area contributed by atoms with E-state index in [2.05, 4.69) is 0 Å². The van der Waals surface area contributed by atoms with Gasteiger partial charge in [-0.15, -0.1) is 0 Å². The lowest BCUT2D eigenvalue weighted by atomic mass is 10.1. The summed E-state index contributed by atoms with van der Waals surface area (Å²) in [7, 11) is 0. The average Bonchev–Trinajstić information content (AvgIpc) is 2.39. The van der Waals surface area contributed by atoms with Gasteiger partial charge in [0.05, 0.1) is 5.69 Å². The van der Waals surface area contributed by atoms with Crippen molar-refractivity contribution >= 4 is 29.5 Å². The van der Waals surface area contributed by atoms with E-state index in [4.69, 9.17) is 9.84 Å². The predicted molar refractivity (Wildman–Crippen MR) is 71.2 cm³/mol. The first-order valence-corrected chi connectivity index (χ1v) is 5.94. The molecule has 2 rings (SSSR count). The van der Waals surface area contributed by atoms with E-state index in [1.807, 2.05) is 0 Å². The van der Waals surface area contributed by atoms with Crippen molar-refractivity contribution in [3.05, 3.63) is 35.4 Å². The van der Waals surface area contributed by atoms with Gasteiger partial charge in [-0.3, -0.25) is 9.59 Å². The molecular formula is C14H13NO5. The number of aryl methyl sites for hydroxylation is 1. The van der Waals surface area contributed by atoms with Crippen molar-refractivity contribution in [3.63, 3.8) is 0 Å². The van der Waals surface area contributed by atoms with Gasteiger partial charge in [0.15, 0.2) is 0 Å². The molecule has 104 valence electrons. The van der Waals surface area contributed by atoms with Crippen LogP contribution < -0.4 is 4.90 Å². The number of carbonyl (C=O) groups is 3. The maximum atomic E-state index is 11.8. The molecule has 6 nitrogen and oxygen atoms in total. The van der Waals surface area contributed by atoms with Crippen LogP contribution in [0.2, 0.25) is 0 Å². The molecule has 1 aliphatic rings. The molecule has 1 aliphatic heterocycles. The molecule has 0 spiro atoms. The van der Waals surface area contributed by atoms with Gasteiger partial charge in [-0.2, -0.15) is 0 Å². The van der Waals surface area contributed by atoms with Crippen LogP contribution in [0.1, 0.15) is 11.1 Å². The number of carboxylic acids is 1. The number of ether oxygens (including phenoxy) is 1. The van der Waals surface area contributed by atoms with Crippen molar-refractivity contribution in [2.24, 2.45) is 0 Å². The number of amides is 2. The molecule has 0 aromatic heterocycles. The fourth-order valence-corrected chi connectivity index (χ4v) is 1.90. The first-order chi connectivity index (χ1) is 9.49. The summed E-state index contributed by atoms with van der Waals surface area (Å²) in [5.74, 6) is -1.92. The maximum Gasteiger partial charge on any atom is 0.328 e. The monoisotopic (exact) mass is 275 g/mol. The molecule has 1 saturated heterocycles. The number of rotatable bonds is 3. The number of morpholine rings is 1. The Balaban J connectivity index is 2.39. The minimum absolute atomic E-state index is 0.139. The van der Waals surface area contributed by atoms with E-state index in [1.165, 1.54) is 6.08 Å². The lowest BCUT2D eigenvalue weighted by Crippen LogP contribution is -2.46. The van der Waals surface area contributed by atoms with Gasteiger partial charge >= 0.3 is 5.97 Å². The first kappa shape index (κ1) is 14.0. The predicted octanol–water partition coefficient (Wildman–Crippen LogP) is 0.983. The smallest absolute Gasteiger partial charge is 0.328 e. The molecule has 1 fully saturated rings. The summed E-state index contributed by atoms with van der Waals surface area (Å²) in [6.07, 6.45) is 2.40. The highest BCUT2D eigenvalue weighted by atomic mass is 16.5. The first-order valence-electron chi connectivity index (χ1n) is 5.94. The quantitative estimate of drug-likeness (QED) is 0.656. The topological polar surface area (TPSA) is 83.9 Å². The molecule has 0 saturated carbocycles. The van der Waals surface area contributed by atoms with Gasteiger partial charge in [-0.25, -0.2) is 9.69 Å². The number of carbonyl (C=O) groups excluding carboxylic acids is 2. The Kier molecular flexibility index (Phi) is 3.95. The number of carboxylic acid groups (broad SMARTS) is 1. The molecule has 0 unspecified atom stereocenters. The highest BCUT2D eigenvalue weighted by molar-refractivity contribution is 6.17. The SMILES string of the molecule is Cc1ccc(C=CC(=O)O)cc1N1C(=O)COCC1=O. The van der Waals surface area contributed by atoms with Gasteiger partial charge in [0.25, 0.3) is 11.8 Å². The van der Waals surface area contributed by atoms with E-state index in [-0.39, 0.29) is 13.2 Å². The highest BCUT2D eigenvalue weighted by Gasteiger charge is 2.29. The lowest BCUT2D eigenvalue weighted by Gasteiger charge is -2.26. The van der Waals surface area contributed by atoms with Crippen LogP contribution in [0, 0.1) is 6.92 Å². The van der Waals surface area contributed by atoms with Crippen molar-refractivity contribution in [2.45, 2.75) is 6.92 Å². The second-order valence-electron chi connectivity index (χ2n) is 4.33. The van der Waals surface area contributed by atoms with Gasteiger partial charge < -0.3 is 9.84 Å². The van der Waals surface area contributed by atoms with Crippen LogP contribution in [0.3, 0.4) is 0 Å². The Labute approximate surface area is 115 Å². The third-order valence-corrected chi connectivity index (χ3v) is 2.84. The Morgan fingerprint density at radius 3 is 2.55 bits per heavy atom. The third-order valence-electron chi connectivity index (χ3n) is 2.84. The van der Waals surface area contributed by atoms with E-state index < -0.39 is 17.8 Å². The van der Waals surface area contributed by atoms with E-state index in [0.717, 1.165) is 16.5 Å². The van der Waals surface area contributed by atoms with Crippen LogP contribution in [0.15, 0.2) is 24.3 Å².